The van der Waals surface area contributed by atoms with Crippen molar-refractivity contribution >= 4 is 48.3 Å². The fourth-order valence-corrected chi connectivity index (χ4v) is 4.39. The molecule has 1 saturated heterocycles. The first-order valence-electron chi connectivity index (χ1n) is 10.9. The van der Waals surface area contributed by atoms with Crippen molar-refractivity contribution in [3.8, 4) is 11.1 Å². The monoisotopic (exact) mass is 541 g/mol. The molecule has 1 fully saturated rings. The molecule has 4 aromatic rings. The summed E-state index contributed by atoms with van der Waals surface area (Å²) in [7, 11) is 0. The fourth-order valence-electron chi connectivity index (χ4n) is 4.39. The van der Waals surface area contributed by atoms with Crippen LogP contribution in [0.3, 0.4) is 0 Å². The average Bonchev–Trinajstić information content (AvgIpc) is 3.48. The van der Waals surface area contributed by atoms with Crippen LogP contribution >= 0.6 is 37.2 Å². The third-order valence-corrected chi connectivity index (χ3v) is 6.06. The summed E-state index contributed by atoms with van der Waals surface area (Å²) in [5.41, 5.74) is 5.20. The molecule has 2 N–H and O–H groups in total. The summed E-state index contributed by atoms with van der Waals surface area (Å²) in [5.74, 6) is -0.472. The highest BCUT2D eigenvalue weighted by molar-refractivity contribution is 5.86. The number of hydrogen-bond acceptors (Lipinski definition) is 4. The number of halogens is 5. The Hall–Kier alpha value is -2.29. The van der Waals surface area contributed by atoms with Crippen LogP contribution in [0.2, 0.25) is 0 Å². The molecule has 0 bridgehead atoms. The molecule has 1 unspecified atom stereocenters. The molecule has 5 nitrogen and oxygen atoms in total. The van der Waals surface area contributed by atoms with Gasteiger partial charge in [-0.15, -0.1) is 42.3 Å². The minimum Gasteiger partial charge on any atom is -0.313 e. The SMILES string of the molecule is Cl.Cl.Cl.Fc1ccc(CN(Cc2cc(-c3ccc4[nH]nnc4c3)ccc2F)CC2CCCN2)cc1. The topological polar surface area (TPSA) is 56.8 Å². The summed E-state index contributed by atoms with van der Waals surface area (Å²) < 4.78 is 28.2. The van der Waals surface area contributed by atoms with Gasteiger partial charge in [-0.1, -0.05) is 29.5 Å². The van der Waals surface area contributed by atoms with Crippen molar-refractivity contribution < 1.29 is 8.78 Å². The van der Waals surface area contributed by atoms with Crippen LogP contribution in [0.15, 0.2) is 60.7 Å². The van der Waals surface area contributed by atoms with Crippen molar-refractivity contribution in [2.45, 2.75) is 32.0 Å². The fraction of sp³-hybridized carbons (Fsp3) is 0.280. The number of benzene rings is 3. The Morgan fingerprint density at radius 1 is 0.886 bits per heavy atom. The molecule has 1 atom stereocenters. The highest BCUT2D eigenvalue weighted by atomic mass is 35.5. The second-order valence-corrected chi connectivity index (χ2v) is 8.44. The highest BCUT2D eigenvalue weighted by Crippen LogP contribution is 2.26. The number of hydrogen-bond donors (Lipinski definition) is 2. The van der Waals surface area contributed by atoms with Crippen LogP contribution in [-0.4, -0.2) is 39.4 Å². The Balaban J connectivity index is 0.00000144. The molecule has 0 radical (unpaired) electrons. The smallest absolute Gasteiger partial charge is 0.127 e. The van der Waals surface area contributed by atoms with E-state index in [2.05, 4.69) is 25.6 Å². The normalized spacial score (nSPS) is 14.9. The largest absolute Gasteiger partial charge is 0.313 e. The standard InChI is InChI=1S/C25H25F2N5.3ClH/c26-21-7-3-17(4-8-21)14-32(16-22-2-1-11-28-22)15-20-12-18(5-9-23(20)27)19-6-10-24-25(13-19)30-31-29-24;;;/h3-10,12-13,22,28H,1-2,11,14-16H2,(H,29,30,31);3*1H. The van der Waals surface area contributed by atoms with Gasteiger partial charge >= 0.3 is 0 Å². The molecule has 35 heavy (non-hydrogen) atoms. The zero-order chi connectivity index (χ0) is 21.9. The number of nitrogens with one attached hydrogen (secondary N) is 2. The maximum atomic E-state index is 14.8. The molecular weight excluding hydrogens is 515 g/mol. The molecule has 0 spiro atoms. The summed E-state index contributed by atoms with van der Waals surface area (Å²) >= 11 is 0. The predicted octanol–water partition coefficient (Wildman–Crippen LogP) is 5.92. The minimum atomic E-state index is -0.249. The Morgan fingerprint density at radius 2 is 1.63 bits per heavy atom. The molecule has 5 rings (SSSR count). The van der Waals surface area contributed by atoms with Gasteiger partial charge in [0.15, 0.2) is 0 Å². The summed E-state index contributed by atoms with van der Waals surface area (Å²) in [6.45, 7) is 2.93. The first-order valence-corrected chi connectivity index (χ1v) is 10.9. The van der Waals surface area contributed by atoms with Crippen molar-refractivity contribution in [2.24, 2.45) is 0 Å². The molecule has 188 valence electrons. The van der Waals surface area contributed by atoms with Gasteiger partial charge in [0.05, 0.1) is 5.52 Å². The lowest BCUT2D eigenvalue weighted by atomic mass is 10.0. The van der Waals surface area contributed by atoms with Gasteiger partial charge in [-0.3, -0.25) is 10.00 Å². The van der Waals surface area contributed by atoms with Gasteiger partial charge in [0.1, 0.15) is 17.2 Å². The number of nitrogens with zero attached hydrogens (tertiary/aromatic N) is 3. The van der Waals surface area contributed by atoms with Crippen LogP contribution in [0.1, 0.15) is 24.0 Å². The maximum Gasteiger partial charge on any atom is 0.127 e. The van der Waals surface area contributed by atoms with E-state index in [1.165, 1.54) is 18.2 Å². The van der Waals surface area contributed by atoms with Crippen molar-refractivity contribution in [3.05, 3.63) is 83.4 Å². The number of fused-ring (bicyclic) bond motifs is 1. The van der Waals surface area contributed by atoms with Gasteiger partial charge in [0.25, 0.3) is 0 Å². The Kier molecular flexibility index (Phi) is 10.9. The summed E-state index contributed by atoms with van der Waals surface area (Å²) in [4.78, 5) is 2.24. The average molecular weight is 543 g/mol. The Labute approximate surface area is 221 Å². The molecule has 2 heterocycles. The van der Waals surface area contributed by atoms with Gasteiger partial charge in [0.2, 0.25) is 0 Å². The molecule has 1 aliphatic rings. The van der Waals surface area contributed by atoms with Crippen molar-refractivity contribution in [1.29, 1.82) is 0 Å². The molecule has 1 aliphatic heterocycles. The minimum absolute atomic E-state index is 0. The predicted molar refractivity (Wildman–Crippen MR) is 143 cm³/mol. The third kappa shape index (κ3) is 7.12. The van der Waals surface area contributed by atoms with Crippen LogP contribution in [0.4, 0.5) is 8.78 Å². The van der Waals surface area contributed by atoms with Crippen molar-refractivity contribution in [2.75, 3.05) is 13.1 Å². The first-order chi connectivity index (χ1) is 15.6. The van der Waals surface area contributed by atoms with E-state index < -0.39 is 0 Å². The third-order valence-electron chi connectivity index (χ3n) is 6.06. The lowest BCUT2D eigenvalue weighted by Crippen LogP contribution is -2.37. The molecule has 10 heteroatoms. The van der Waals surface area contributed by atoms with Crippen molar-refractivity contribution in [1.82, 2.24) is 25.6 Å². The molecular formula is C25H28Cl3F2N5. The Morgan fingerprint density at radius 3 is 2.37 bits per heavy atom. The summed E-state index contributed by atoms with van der Waals surface area (Å²) in [5, 5.41) is 14.3. The van der Waals surface area contributed by atoms with Crippen LogP contribution in [0, 0.1) is 11.6 Å². The Bertz CT molecular complexity index is 1210. The second-order valence-electron chi connectivity index (χ2n) is 8.44. The zero-order valence-electron chi connectivity index (χ0n) is 18.9. The van der Waals surface area contributed by atoms with E-state index >= 15 is 0 Å². The van der Waals surface area contributed by atoms with Gasteiger partial charge < -0.3 is 5.32 Å². The second kappa shape index (κ2) is 13.1. The van der Waals surface area contributed by atoms with E-state index in [0.717, 1.165) is 53.7 Å². The van der Waals surface area contributed by atoms with Crippen LogP contribution < -0.4 is 5.32 Å². The lowest BCUT2D eigenvalue weighted by Gasteiger charge is -2.26. The summed E-state index contributed by atoms with van der Waals surface area (Å²) in [6.07, 6.45) is 2.27. The molecule has 0 aliphatic carbocycles. The van der Waals surface area contributed by atoms with Crippen molar-refractivity contribution in [3.63, 3.8) is 0 Å². The van der Waals surface area contributed by atoms with E-state index in [9.17, 15) is 8.78 Å². The zero-order valence-corrected chi connectivity index (χ0v) is 21.4. The number of H-pyrrole nitrogens is 1. The number of rotatable bonds is 7. The van der Waals surface area contributed by atoms with E-state index in [0.29, 0.717) is 24.7 Å². The van der Waals surface area contributed by atoms with E-state index in [-0.39, 0.29) is 48.9 Å². The van der Waals surface area contributed by atoms with E-state index in [1.807, 2.05) is 24.3 Å². The van der Waals surface area contributed by atoms with Crippen LogP contribution in [-0.2, 0) is 13.1 Å². The quantitative estimate of drug-likeness (QED) is 0.304. The van der Waals surface area contributed by atoms with Gasteiger partial charge in [-0.05, 0) is 72.5 Å². The first kappa shape index (κ1) is 28.9. The molecule has 0 amide bonds. The molecule has 0 saturated carbocycles. The van der Waals surface area contributed by atoms with Gasteiger partial charge in [-0.25, -0.2) is 8.78 Å². The number of aromatic nitrogens is 3. The molecule has 3 aromatic carbocycles. The molecule has 1 aromatic heterocycles. The van der Waals surface area contributed by atoms with Gasteiger partial charge in [0, 0.05) is 31.2 Å². The maximum absolute atomic E-state index is 14.8. The van der Waals surface area contributed by atoms with Gasteiger partial charge in [-0.2, -0.15) is 0 Å². The highest BCUT2D eigenvalue weighted by Gasteiger charge is 2.20. The number of aromatic amines is 1. The lowest BCUT2D eigenvalue weighted by molar-refractivity contribution is 0.230. The van der Waals surface area contributed by atoms with E-state index in [1.54, 1.807) is 18.2 Å². The van der Waals surface area contributed by atoms with E-state index in [4.69, 9.17) is 0 Å². The summed E-state index contributed by atoms with van der Waals surface area (Å²) in [6, 6.07) is 18.0. The van der Waals surface area contributed by atoms with Crippen LogP contribution in [0.5, 0.6) is 0 Å². The van der Waals surface area contributed by atoms with Crippen LogP contribution in [0.25, 0.3) is 22.2 Å².